The molecule has 0 spiro atoms. The maximum Gasteiger partial charge on any atom is 0.276 e. The number of aromatic nitrogens is 2. The summed E-state index contributed by atoms with van der Waals surface area (Å²) >= 11 is 0. The van der Waals surface area contributed by atoms with Crippen molar-refractivity contribution in [2.75, 3.05) is 0 Å². The molecule has 1 aromatic heterocycles. The Kier molecular flexibility index (Phi) is 7.07. The van der Waals surface area contributed by atoms with Crippen molar-refractivity contribution in [1.29, 1.82) is 0 Å². The van der Waals surface area contributed by atoms with Gasteiger partial charge in [0.1, 0.15) is 24.7 Å². The van der Waals surface area contributed by atoms with Crippen molar-refractivity contribution in [3.05, 3.63) is 113 Å². The third-order valence-corrected chi connectivity index (χ3v) is 4.77. The fourth-order valence-corrected chi connectivity index (χ4v) is 3.25. The zero-order chi connectivity index (χ0) is 22.2. The van der Waals surface area contributed by atoms with E-state index in [0.29, 0.717) is 30.2 Å². The molecule has 3 aromatic carbocycles. The first-order valence-corrected chi connectivity index (χ1v) is 10.5. The second kappa shape index (κ2) is 10.5. The number of hydrogen-bond donors (Lipinski definition) is 0. The molecule has 158 valence electrons. The van der Waals surface area contributed by atoms with Gasteiger partial charge in [-0.25, -0.2) is 4.39 Å². The average molecular weight is 442 g/mol. The normalized spacial score (nSPS) is 10.2. The maximum absolute atomic E-state index is 13.6. The molecule has 0 saturated carbocycles. The van der Waals surface area contributed by atoms with Gasteiger partial charge in [-0.3, -0.25) is 0 Å². The van der Waals surface area contributed by atoms with Gasteiger partial charge in [0.2, 0.25) is 0 Å². The number of hydrogen-bond acceptors (Lipinski definition) is 4. The van der Waals surface area contributed by atoms with E-state index in [-0.39, 0.29) is 11.7 Å². The average Bonchev–Trinajstić information content (AvgIpc) is 2.81. The largest absolute Gasteiger partial charge is 0.483 e. The molecule has 4 rings (SSSR count). The zero-order valence-electron chi connectivity index (χ0n) is 17.2. The van der Waals surface area contributed by atoms with Gasteiger partial charge in [-0.15, -0.1) is 19.4 Å². The lowest BCUT2D eigenvalue weighted by atomic mass is 10.2. The molecule has 0 fully saturated rings. The van der Waals surface area contributed by atoms with Gasteiger partial charge in [-0.2, -0.15) is 0 Å². The van der Waals surface area contributed by atoms with Crippen LogP contribution in [0.15, 0.2) is 84.9 Å². The summed E-state index contributed by atoms with van der Waals surface area (Å²) in [6, 6.07) is 25.8. The minimum Gasteiger partial charge on any atom is -0.483 e. The lowest BCUT2D eigenvalue weighted by Gasteiger charge is -2.11. The number of halogens is 1. The molecule has 0 aliphatic carbocycles. The van der Waals surface area contributed by atoms with Crippen LogP contribution in [0.3, 0.4) is 0 Å². The summed E-state index contributed by atoms with van der Waals surface area (Å²) < 4.78 is 25.5. The molecule has 1 atom stereocenters. The van der Waals surface area contributed by atoms with Crippen LogP contribution in [0, 0.1) is 17.7 Å². The minimum atomic E-state index is -0.343. The Bertz CT molecular complexity index is 1240. The quantitative estimate of drug-likeness (QED) is 0.322. The highest BCUT2D eigenvalue weighted by Gasteiger charge is 2.11. The van der Waals surface area contributed by atoms with Crippen LogP contribution in [0.2, 0.25) is 0 Å². The second-order valence-electron chi connectivity index (χ2n) is 6.97. The molecule has 0 N–H and O–H groups in total. The summed E-state index contributed by atoms with van der Waals surface area (Å²) in [5.74, 6) is 6.22. The number of nitrogens with zero attached hydrogens (tertiary/aromatic N) is 2. The summed E-state index contributed by atoms with van der Waals surface area (Å²) in [5.41, 5.74) is 2.97. The van der Waals surface area contributed by atoms with E-state index in [0.717, 1.165) is 16.4 Å². The summed E-state index contributed by atoms with van der Waals surface area (Å²) in [4.78, 5) is 0. The highest BCUT2D eigenvalue weighted by atomic mass is 31.0. The van der Waals surface area contributed by atoms with E-state index < -0.39 is 0 Å². The molecule has 0 aliphatic heterocycles. The van der Waals surface area contributed by atoms with Gasteiger partial charge in [0.05, 0.1) is 0 Å². The molecule has 32 heavy (non-hydrogen) atoms. The van der Waals surface area contributed by atoms with Gasteiger partial charge in [0.15, 0.2) is 5.75 Å². The van der Waals surface area contributed by atoms with E-state index >= 15 is 0 Å². The Morgan fingerprint density at radius 1 is 0.750 bits per heavy atom. The predicted octanol–water partition coefficient (Wildman–Crippen LogP) is 4.67. The van der Waals surface area contributed by atoms with Crippen molar-refractivity contribution in [2.24, 2.45) is 0 Å². The lowest BCUT2D eigenvalue weighted by Crippen LogP contribution is -2.04. The third kappa shape index (κ3) is 6.14. The molecule has 1 heterocycles. The molecule has 0 aliphatic rings. The van der Waals surface area contributed by atoms with Crippen LogP contribution in [0.1, 0.15) is 22.4 Å². The summed E-state index contributed by atoms with van der Waals surface area (Å²) in [7, 11) is 2.46. The number of ether oxygens (including phenoxy) is 2. The van der Waals surface area contributed by atoms with Gasteiger partial charge < -0.3 is 9.47 Å². The standard InChI is InChI=1S/C26H20FN2O2P/c27-22-13-21(14-24(32)15-22)11-12-23-16-25(30-17-19-7-3-1-4-8-19)26(29-28-23)31-18-20-9-5-2-6-10-20/h1-10,13-16H,17-18,32H2. The van der Waals surface area contributed by atoms with Crippen LogP contribution in [0.5, 0.6) is 11.6 Å². The molecular weight excluding hydrogens is 422 g/mol. The molecule has 0 saturated heterocycles. The molecule has 4 nitrogen and oxygen atoms in total. The van der Waals surface area contributed by atoms with Gasteiger partial charge >= 0.3 is 0 Å². The van der Waals surface area contributed by atoms with Crippen LogP contribution >= 0.6 is 9.24 Å². The fraction of sp³-hybridized carbons (Fsp3) is 0.0769. The number of benzene rings is 3. The number of rotatable bonds is 6. The van der Waals surface area contributed by atoms with E-state index in [9.17, 15) is 4.39 Å². The SMILES string of the molecule is Fc1cc(P)cc(C#Cc2cc(OCc3ccccc3)c(OCc3ccccc3)nn2)c1. The van der Waals surface area contributed by atoms with Crippen LogP contribution in [0.4, 0.5) is 4.39 Å². The van der Waals surface area contributed by atoms with Crippen molar-refractivity contribution in [3.63, 3.8) is 0 Å². The van der Waals surface area contributed by atoms with Crippen LogP contribution < -0.4 is 14.8 Å². The van der Waals surface area contributed by atoms with Gasteiger partial charge in [-0.1, -0.05) is 66.6 Å². The highest BCUT2D eigenvalue weighted by molar-refractivity contribution is 7.27. The van der Waals surface area contributed by atoms with Gasteiger partial charge in [-0.05, 0) is 40.6 Å². The van der Waals surface area contributed by atoms with Gasteiger partial charge in [0.25, 0.3) is 5.88 Å². The summed E-state index contributed by atoms with van der Waals surface area (Å²) in [5, 5.41) is 9.03. The van der Waals surface area contributed by atoms with E-state index in [1.165, 1.54) is 12.1 Å². The van der Waals surface area contributed by atoms with Gasteiger partial charge in [0, 0.05) is 11.6 Å². The maximum atomic E-state index is 13.6. The summed E-state index contributed by atoms with van der Waals surface area (Å²) in [6.45, 7) is 0.684. The van der Waals surface area contributed by atoms with Crippen molar-refractivity contribution in [1.82, 2.24) is 10.2 Å². The van der Waals surface area contributed by atoms with Crippen LogP contribution in [-0.2, 0) is 13.2 Å². The van der Waals surface area contributed by atoms with Crippen molar-refractivity contribution >= 4 is 14.5 Å². The Hall–Kier alpha value is -3.74. The Morgan fingerprint density at radius 2 is 1.41 bits per heavy atom. The minimum absolute atomic E-state index is 0.285. The van der Waals surface area contributed by atoms with Crippen LogP contribution in [0.25, 0.3) is 0 Å². The molecule has 0 amide bonds. The molecule has 4 aromatic rings. The first kappa shape index (κ1) is 21.5. The zero-order valence-corrected chi connectivity index (χ0v) is 18.3. The van der Waals surface area contributed by atoms with Crippen molar-refractivity contribution in [2.45, 2.75) is 13.2 Å². The molecule has 6 heteroatoms. The van der Waals surface area contributed by atoms with Crippen molar-refractivity contribution < 1.29 is 13.9 Å². The molecule has 0 radical (unpaired) electrons. The summed E-state index contributed by atoms with van der Waals surface area (Å²) in [6.07, 6.45) is 0. The van der Waals surface area contributed by atoms with E-state index in [4.69, 9.17) is 9.47 Å². The molecular formula is C26H20FN2O2P. The van der Waals surface area contributed by atoms with Crippen LogP contribution in [-0.4, -0.2) is 10.2 Å². The molecule has 0 bridgehead atoms. The lowest BCUT2D eigenvalue weighted by molar-refractivity contribution is 0.244. The van der Waals surface area contributed by atoms with E-state index in [1.54, 1.807) is 12.1 Å². The molecule has 1 unspecified atom stereocenters. The smallest absolute Gasteiger partial charge is 0.276 e. The second-order valence-corrected chi connectivity index (χ2v) is 7.64. The Morgan fingerprint density at radius 3 is 2.06 bits per heavy atom. The fourth-order valence-electron chi connectivity index (χ4n) is 2.91. The first-order valence-electron chi connectivity index (χ1n) is 9.95. The predicted molar refractivity (Wildman–Crippen MR) is 125 cm³/mol. The monoisotopic (exact) mass is 442 g/mol. The Labute approximate surface area is 188 Å². The van der Waals surface area contributed by atoms with Crippen molar-refractivity contribution in [3.8, 4) is 23.5 Å². The topological polar surface area (TPSA) is 44.2 Å². The Balaban J connectivity index is 1.57. The third-order valence-electron chi connectivity index (χ3n) is 4.44. The first-order chi connectivity index (χ1) is 15.7. The van der Waals surface area contributed by atoms with E-state index in [1.807, 2.05) is 60.7 Å². The van der Waals surface area contributed by atoms with E-state index in [2.05, 4.69) is 31.3 Å². The highest BCUT2D eigenvalue weighted by Crippen LogP contribution is 2.26.